The van der Waals surface area contributed by atoms with Crippen LogP contribution in [0.25, 0.3) is 0 Å². The number of benzene rings is 1. The molecule has 2 heterocycles. The number of anilines is 1. The van der Waals surface area contributed by atoms with Crippen molar-refractivity contribution < 1.29 is 14.3 Å². The van der Waals surface area contributed by atoms with Gasteiger partial charge in [-0.15, -0.1) is 0 Å². The molecule has 0 aromatic heterocycles. The first-order valence-corrected chi connectivity index (χ1v) is 10.2. The van der Waals surface area contributed by atoms with E-state index in [4.69, 9.17) is 4.74 Å². The quantitative estimate of drug-likeness (QED) is 0.743. The fraction of sp³-hybridized carbons (Fsp3) is 0.619. The smallest absolute Gasteiger partial charge is 0.243 e. The number of morpholine rings is 1. The number of aryl methyl sites for hydroxylation is 1. The van der Waals surface area contributed by atoms with Gasteiger partial charge in [-0.3, -0.25) is 19.4 Å². The van der Waals surface area contributed by atoms with E-state index in [2.05, 4.69) is 16.3 Å². The molecule has 27 heavy (non-hydrogen) atoms. The molecule has 6 heteroatoms. The minimum atomic E-state index is -0.444. The third kappa shape index (κ3) is 5.08. The Morgan fingerprint density at radius 2 is 2.00 bits per heavy atom. The molecule has 2 aliphatic heterocycles. The lowest BCUT2D eigenvalue weighted by atomic mass is 10.1. The van der Waals surface area contributed by atoms with E-state index in [1.54, 1.807) is 4.90 Å². The van der Waals surface area contributed by atoms with Crippen LogP contribution in [0, 0.1) is 0 Å². The maximum atomic E-state index is 12.9. The normalized spacial score (nSPS) is 19.3. The molecular weight excluding hydrogens is 342 g/mol. The predicted octanol–water partition coefficient (Wildman–Crippen LogP) is 1.97. The fourth-order valence-electron chi connectivity index (χ4n) is 3.93. The van der Waals surface area contributed by atoms with Gasteiger partial charge in [-0.2, -0.15) is 0 Å². The molecule has 3 rings (SSSR count). The molecule has 6 nitrogen and oxygen atoms in total. The van der Waals surface area contributed by atoms with Gasteiger partial charge in [0.2, 0.25) is 11.8 Å². The molecule has 1 saturated heterocycles. The van der Waals surface area contributed by atoms with Crippen molar-refractivity contribution in [2.45, 2.75) is 45.1 Å². The van der Waals surface area contributed by atoms with Gasteiger partial charge in [-0.1, -0.05) is 25.1 Å². The van der Waals surface area contributed by atoms with Gasteiger partial charge in [0.05, 0.1) is 13.2 Å². The van der Waals surface area contributed by atoms with Gasteiger partial charge in [0.15, 0.2) is 0 Å². The Bertz CT molecular complexity index is 643. The second kappa shape index (κ2) is 9.85. The summed E-state index contributed by atoms with van der Waals surface area (Å²) >= 11 is 0. The van der Waals surface area contributed by atoms with Crippen LogP contribution in [-0.4, -0.2) is 62.1 Å². The van der Waals surface area contributed by atoms with Crippen LogP contribution in [0.4, 0.5) is 5.69 Å². The van der Waals surface area contributed by atoms with E-state index in [1.165, 1.54) is 0 Å². The Kier molecular flexibility index (Phi) is 7.24. The summed E-state index contributed by atoms with van der Waals surface area (Å²) in [6.45, 7) is 7.08. The molecule has 0 aliphatic carbocycles. The van der Waals surface area contributed by atoms with Gasteiger partial charge >= 0.3 is 0 Å². The molecule has 0 saturated carbocycles. The topological polar surface area (TPSA) is 61.9 Å². The SMILES string of the molecule is CCC(C(=O)NCCCN1CCOCC1)N1C(=O)CCCc2ccccc21. The van der Waals surface area contributed by atoms with Crippen molar-refractivity contribution in [2.24, 2.45) is 0 Å². The van der Waals surface area contributed by atoms with Crippen molar-refractivity contribution in [2.75, 3.05) is 44.3 Å². The van der Waals surface area contributed by atoms with Crippen LogP contribution in [0.3, 0.4) is 0 Å². The molecule has 2 aliphatic rings. The highest BCUT2D eigenvalue weighted by Gasteiger charge is 2.32. The number of para-hydroxylation sites is 1. The Morgan fingerprint density at radius 3 is 2.78 bits per heavy atom. The molecule has 1 unspecified atom stereocenters. The zero-order valence-electron chi connectivity index (χ0n) is 16.3. The van der Waals surface area contributed by atoms with Gasteiger partial charge in [0.1, 0.15) is 6.04 Å². The van der Waals surface area contributed by atoms with Crippen LogP contribution in [0.2, 0.25) is 0 Å². The summed E-state index contributed by atoms with van der Waals surface area (Å²) in [6.07, 6.45) is 3.73. The van der Waals surface area contributed by atoms with Crippen molar-refractivity contribution >= 4 is 17.5 Å². The average Bonchev–Trinajstić information content (AvgIpc) is 2.86. The number of amides is 2. The zero-order valence-corrected chi connectivity index (χ0v) is 16.3. The Hall–Kier alpha value is -1.92. The summed E-state index contributed by atoms with van der Waals surface area (Å²) in [5.74, 6) is -0.000188. The van der Waals surface area contributed by atoms with Gasteiger partial charge in [0.25, 0.3) is 0 Å². The van der Waals surface area contributed by atoms with Gasteiger partial charge in [0, 0.05) is 31.7 Å². The molecule has 0 bridgehead atoms. The van der Waals surface area contributed by atoms with Gasteiger partial charge < -0.3 is 10.1 Å². The zero-order chi connectivity index (χ0) is 19.1. The second-order valence-corrected chi connectivity index (χ2v) is 7.27. The van der Waals surface area contributed by atoms with E-state index < -0.39 is 6.04 Å². The number of ether oxygens (including phenoxy) is 1. The molecule has 0 spiro atoms. The van der Waals surface area contributed by atoms with Gasteiger partial charge in [-0.05, 0) is 43.9 Å². The summed E-state index contributed by atoms with van der Waals surface area (Å²) < 4.78 is 5.36. The highest BCUT2D eigenvalue weighted by molar-refractivity contribution is 6.01. The van der Waals surface area contributed by atoms with E-state index >= 15 is 0 Å². The van der Waals surface area contributed by atoms with E-state index in [0.717, 1.165) is 63.4 Å². The predicted molar refractivity (Wildman–Crippen MR) is 106 cm³/mol. The number of hydrogen-bond acceptors (Lipinski definition) is 4. The van der Waals surface area contributed by atoms with Crippen molar-refractivity contribution in [3.8, 4) is 0 Å². The van der Waals surface area contributed by atoms with Crippen LogP contribution in [0.1, 0.15) is 38.2 Å². The Morgan fingerprint density at radius 1 is 1.22 bits per heavy atom. The van der Waals surface area contributed by atoms with Crippen molar-refractivity contribution in [1.82, 2.24) is 10.2 Å². The number of fused-ring (bicyclic) bond motifs is 1. The molecule has 1 atom stereocenters. The number of carbonyl (C=O) groups excluding carboxylic acids is 2. The number of nitrogens with zero attached hydrogens (tertiary/aromatic N) is 2. The third-order valence-corrected chi connectivity index (χ3v) is 5.41. The minimum Gasteiger partial charge on any atom is -0.379 e. The summed E-state index contributed by atoms with van der Waals surface area (Å²) in [5.41, 5.74) is 2.05. The van der Waals surface area contributed by atoms with Crippen molar-refractivity contribution in [3.05, 3.63) is 29.8 Å². The lowest BCUT2D eigenvalue weighted by molar-refractivity contribution is -0.126. The lowest BCUT2D eigenvalue weighted by Crippen LogP contribution is -2.50. The summed E-state index contributed by atoms with van der Waals surface area (Å²) in [4.78, 5) is 29.7. The third-order valence-electron chi connectivity index (χ3n) is 5.41. The average molecular weight is 373 g/mol. The van der Waals surface area contributed by atoms with Gasteiger partial charge in [-0.25, -0.2) is 0 Å². The fourth-order valence-corrected chi connectivity index (χ4v) is 3.93. The van der Waals surface area contributed by atoms with Crippen molar-refractivity contribution in [1.29, 1.82) is 0 Å². The van der Waals surface area contributed by atoms with Crippen LogP contribution in [0.15, 0.2) is 24.3 Å². The maximum Gasteiger partial charge on any atom is 0.243 e. The standard InChI is InChI=1S/C21H31N3O3/c1-2-18(21(26)22-11-6-12-23-13-15-27-16-14-23)24-19-9-4-3-7-17(19)8-5-10-20(24)25/h3-4,7,9,18H,2,5-6,8,10-16H2,1H3,(H,22,26). The van der Waals surface area contributed by atoms with E-state index in [1.807, 2.05) is 25.1 Å². The highest BCUT2D eigenvalue weighted by Crippen LogP contribution is 2.29. The summed E-state index contributed by atoms with van der Waals surface area (Å²) in [6, 6.07) is 7.53. The first-order valence-electron chi connectivity index (χ1n) is 10.2. The van der Waals surface area contributed by atoms with Crippen LogP contribution in [0.5, 0.6) is 0 Å². The van der Waals surface area contributed by atoms with Crippen molar-refractivity contribution in [3.63, 3.8) is 0 Å². The molecular formula is C21H31N3O3. The second-order valence-electron chi connectivity index (χ2n) is 7.27. The molecule has 1 fully saturated rings. The van der Waals surface area contributed by atoms with Crippen LogP contribution in [-0.2, 0) is 20.7 Å². The van der Waals surface area contributed by atoms with E-state index in [-0.39, 0.29) is 11.8 Å². The first-order chi connectivity index (χ1) is 13.2. The molecule has 0 radical (unpaired) electrons. The largest absolute Gasteiger partial charge is 0.379 e. The number of nitrogens with one attached hydrogen (secondary N) is 1. The highest BCUT2D eigenvalue weighted by atomic mass is 16.5. The first kappa shape index (κ1) is 19.8. The minimum absolute atomic E-state index is 0.0512. The van der Waals surface area contributed by atoms with E-state index in [0.29, 0.717) is 19.4 Å². The lowest BCUT2D eigenvalue weighted by Gasteiger charge is -2.31. The number of rotatable bonds is 7. The molecule has 1 aromatic rings. The van der Waals surface area contributed by atoms with Crippen LogP contribution < -0.4 is 10.2 Å². The molecule has 1 aromatic carbocycles. The monoisotopic (exact) mass is 373 g/mol. The molecule has 2 amide bonds. The number of carbonyl (C=O) groups is 2. The summed E-state index contributed by atoms with van der Waals surface area (Å²) in [5, 5.41) is 3.05. The molecule has 148 valence electrons. The van der Waals surface area contributed by atoms with Crippen LogP contribution >= 0.6 is 0 Å². The number of hydrogen-bond donors (Lipinski definition) is 1. The summed E-state index contributed by atoms with van der Waals surface area (Å²) in [7, 11) is 0. The maximum absolute atomic E-state index is 12.9. The van der Waals surface area contributed by atoms with E-state index in [9.17, 15) is 9.59 Å². The Balaban J connectivity index is 1.59. The molecule has 1 N–H and O–H groups in total. The Labute approximate surface area is 161 Å².